The van der Waals surface area contributed by atoms with Crippen molar-refractivity contribution in [2.45, 2.75) is 20.8 Å². The van der Waals surface area contributed by atoms with E-state index in [1.165, 1.54) is 0 Å². The topological polar surface area (TPSA) is 76.8 Å². The monoisotopic (exact) mass is 156 g/mol. The van der Waals surface area contributed by atoms with Gasteiger partial charge >= 0.3 is 0 Å². The molecular formula is C7H16N4. The molecule has 0 saturated carbocycles. The standard InChI is InChI=1S/C7H16N4/c1-5(2)6(3)4-10-11-7(8)9/h4-6H,1-3H3,(H4,8,9,11)/b10-4+. The van der Waals surface area contributed by atoms with Crippen molar-refractivity contribution < 1.29 is 0 Å². The fourth-order valence-corrected chi connectivity index (χ4v) is 0.377. The van der Waals surface area contributed by atoms with Crippen LogP contribution in [-0.4, -0.2) is 12.2 Å². The Bertz CT molecular complexity index is 156. The first-order valence-corrected chi connectivity index (χ1v) is 3.66. The first-order chi connectivity index (χ1) is 5.04. The zero-order valence-corrected chi connectivity index (χ0v) is 7.28. The summed E-state index contributed by atoms with van der Waals surface area (Å²) in [6.45, 7) is 6.30. The predicted molar refractivity (Wildman–Crippen MR) is 48.3 cm³/mol. The van der Waals surface area contributed by atoms with E-state index >= 15 is 0 Å². The molecule has 0 aromatic carbocycles. The fourth-order valence-electron chi connectivity index (χ4n) is 0.377. The van der Waals surface area contributed by atoms with Crippen molar-refractivity contribution in [2.24, 2.45) is 33.5 Å². The number of nitrogens with two attached hydrogens (primary N) is 2. The van der Waals surface area contributed by atoms with Crippen LogP contribution in [0.3, 0.4) is 0 Å². The summed E-state index contributed by atoms with van der Waals surface area (Å²) >= 11 is 0. The first kappa shape index (κ1) is 9.94. The Labute approximate surface area is 67.4 Å². The maximum absolute atomic E-state index is 5.07. The molecule has 0 fully saturated rings. The van der Waals surface area contributed by atoms with Crippen molar-refractivity contribution in [1.29, 1.82) is 0 Å². The molecule has 64 valence electrons. The van der Waals surface area contributed by atoms with Gasteiger partial charge in [0.05, 0.1) is 0 Å². The SMILES string of the molecule is CC(C)C(C)/C=N/N=C(N)N. The van der Waals surface area contributed by atoms with Crippen LogP contribution in [0, 0.1) is 11.8 Å². The van der Waals surface area contributed by atoms with Crippen LogP contribution in [0.25, 0.3) is 0 Å². The molecule has 0 aromatic heterocycles. The minimum atomic E-state index is -0.00259. The zero-order valence-electron chi connectivity index (χ0n) is 7.28. The van der Waals surface area contributed by atoms with Gasteiger partial charge in [-0.15, -0.1) is 5.10 Å². The molecule has 11 heavy (non-hydrogen) atoms. The van der Waals surface area contributed by atoms with Gasteiger partial charge in [-0.25, -0.2) is 0 Å². The maximum atomic E-state index is 5.07. The molecule has 0 saturated heterocycles. The summed E-state index contributed by atoms with van der Waals surface area (Å²) in [5, 5.41) is 7.19. The average Bonchev–Trinajstić information content (AvgIpc) is 1.86. The largest absolute Gasteiger partial charge is 0.369 e. The maximum Gasteiger partial charge on any atom is 0.211 e. The lowest BCUT2D eigenvalue weighted by molar-refractivity contribution is 0.539. The third kappa shape index (κ3) is 5.39. The Hall–Kier alpha value is -1.06. The van der Waals surface area contributed by atoms with Crippen LogP contribution < -0.4 is 11.5 Å². The lowest BCUT2D eigenvalue weighted by atomic mass is 10.0. The van der Waals surface area contributed by atoms with Gasteiger partial charge in [0.15, 0.2) is 0 Å². The van der Waals surface area contributed by atoms with Crippen molar-refractivity contribution in [3.8, 4) is 0 Å². The molecule has 0 radical (unpaired) electrons. The second-order valence-electron chi connectivity index (χ2n) is 2.89. The molecule has 0 amide bonds. The van der Waals surface area contributed by atoms with Crippen LogP contribution >= 0.6 is 0 Å². The highest BCUT2D eigenvalue weighted by Gasteiger charge is 2.01. The molecule has 0 aliphatic carbocycles. The Kier molecular flexibility index (Phi) is 4.26. The minimum absolute atomic E-state index is 0.00259. The Balaban J connectivity index is 3.84. The predicted octanol–water partition coefficient (Wildman–Crippen LogP) is 0.538. The Morgan fingerprint density at radius 2 is 1.82 bits per heavy atom. The third-order valence-electron chi connectivity index (χ3n) is 1.53. The molecule has 0 aliphatic rings. The summed E-state index contributed by atoms with van der Waals surface area (Å²) < 4.78 is 0. The van der Waals surface area contributed by atoms with E-state index in [4.69, 9.17) is 11.5 Å². The molecule has 1 unspecified atom stereocenters. The normalized spacial score (nSPS) is 13.8. The summed E-state index contributed by atoms with van der Waals surface area (Å²) in [7, 11) is 0. The van der Waals surface area contributed by atoms with E-state index in [1.54, 1.807) is 6.21 Å². The van der Waals surface area contributed by atoms with Gasteiger partial charge in [0.25, 0.3) is 0 Å². The van der Waals surface area contributed by atoms with Gasteiger partial charge in [-0.2, -0.15) is 5.10 Å². The van der Waals surface area contributed by atoms with Gasteiger partial charge in [0, 0.05) is 6.21 Å². The van der Waals surface area contributed by atoms with E-state index < -0.39 is 0 Å². The summed E-state index contributed by atoms with van der Waals surface area (Å²) in [5.41, 5.74) is 10.1. The minimum Gasteiger partial charge on any atom is -0.369 e. The fraction of sp³-hybridized carbons (Fsp3) is 0.714. The van der Waals surface area contributed by atoms with Gasteiger partial charge in [-0.3, -0.25) is 0 Å². The van der Waals surface area contributed by atoms with Crippen LogP contribution in [-0.2, 0) is 0 Å². The highest BCUT2D eigenvalue weighted by Crippen LogP contribution is 2.05. The molecule has 0 rings (SSSR count). The van der Waals surface area contributed by atoms with Crippen molar-refractivity contribution >= 4 is 12.2 Å². The summed E-state index contributed by atoms with van der Waals surface area (Å²) in [6, 6.07) is 0. The van der Waals surface area contributed by atoms with Gasteiger partial charge in [-0.05, 0) is 11.8 Å². The molecule has 0 spiro atoms. The second-order valence-corrected chi connectivity index (χ2v) is 2.89. The number of hydrogen-bond acceptors (Lipinski definition) is 2. The van der Waals surface area contributed by atoms with Gasteiger partial charge in [-0.1, -0.05) is 20.8 Å². The van der Waals surface area contributed by atoms with Crippen molar-refractivity contribution in [2.75, 3.05) is 0 Å². The van der Waals surface area contributed by atoms with Crippen LogP contribution in [0.4, 0.5) is 0 Å². The highest BCUT2D eigenvalue weighted by atomic mass is 15.3. The molecule has 0 bridgehead atoms. The van der Waals surface area contributed by atoms with Gasteiger partial charge in [0.1, 0.15) is 0 Å². The number of guanidine groups is 1. The van der Waals surface area contributed by atoms with Crippen LogP contribution in [0.5, 0.6) is 0 Å². The second kappa shape index (κ2) is 4.71. The molecule has 4 nitrogen and oxygen atoms in total. The third-order valence-corrected chi connectivity index (χ3v) is 1.53. The van der Waals surface area contributed by atoms with E-state index in [0.717, 1.165) is 0 Å². The smallest absolute Gasteiger partial charge is 0.211 e. The summed E-state index contributed by atoms with van der Waals surface area (Å²) in [6.07, 6.45) is 1.74. The van der Waals surface area contributed by atoms with Gasteiger partial charge < -0.3 is 11.5 Å². The lowest BCUT2D eigenvalue weighted by Gasteiger charge is -2.06. The lowest BCUT2D eigenvalue weighted by Crippen LogP contribution is -2.22. The van der Waals surface area contributed by atoms with Crippen molar-refractivity contribution in [3.05, 3.63) is 0 Å². The molecule has 0 aromatic rings. The molecular weight excluding hydrogens is 140 g/mol. The zero-order chi connectivity index (χ0) is 8.85. The summed E-state index contributed by atoms with van der Waals surface area (Å²) in [4.78, 5) is 0. The number of nitrogens with zero attached hydrogens (tertiary/aromatic N) is 2. The average molecular weight is 156 g/mol. The molecule has 0 aliphatic heterocycles. The van der Waals surface area contributed by atoms with E-state index in [1.807, 2.05) is 0 Å². The van der Waals surface area contributed by atoms with E-state index in [-0.39, 0.29) is 5.96 Å². The molecule has 0 heterocycles. The first-order valence-electron chi connectivity index (χ1n) is 3.66. The van der Waals surface area contributed by atoms with Crippen molar-refractivity contribution in [3.63, 3.8) is 0 Å². The van der Waals surface area contributed by atoms with Crippen LogP contribution in [0.15, 0.2) is 10.2 Å². The molecule has 1 atom stereocenters. The van der Waals surface area contributed by atoms with Crippen LogP contribution in [0.2, 0.25) is 0 Å². The Morgan fingerprint density at radius 3 is 2.18 bits per heavy atom. The van der Waals surface area contributed by atoms with Gasteiger partial charge in [0.2, 0.25) is 5.96 Å². The van der Waals surface area contributed by atoms with E-state index in [0.29, 0.717) is 11.8 Å². The Morgan fingerprint density at radius 1 is 1.27 bits per heavy atom. The quantitative estimate of drug-likeness (QED) is 0.355. The number of rotatable bonds is 3. The van der Waals surface area contributed by atoms with Crippen molar-refractivity contribution in [1.82, 2.24) is 0 Å². The molecule has 4 N–H and O–H groups in total. The van der Waals surface area contributed by atoms with E-state index in [2.05, 4.69) is 31.0 Å². The number of hydrogen-bond donors (Lipinski definition) is 2. The molecule has 4 heteroatoms. The van der Waals surface area contributed by atoms with E-state index in [9.17, 15) is 0 Å². The van der Waals surface area contributed by atoms with Crippen LogP contribution in [0.1, 0.15) is 20.8 Å². The summed E-state index contributed by atoms with van der Waals surface area (Å²) in [5.74, 6) is 0.961. The highest BCUT2D eigenvalue weighted by molar-refractivity contribution is 5.76.